The van der Waals surface area contributed by atoms with Crippen molar-refractivity contribution in [2.45, 2.75) is 19.3 Å². The summed E-state index contributed by atoms with van der Waals surface area (Å²) in [4.78, 5) is 11.4. The van der Waals surface area contributed by atoms with E-state index in [0.717, 1.165) is 33.9 Å². The summed E-state index contributed by atoms with van der Waals surface area (Å²) in [6.45, 7) is 11.4. The average Bonchev–Trinajstić information content (AvgIpc) is 2.50. The van der Waals surface area contributed by atoms with Crippen LogP contribution in [0.3, 0.4) is 0 Å². The van der Waals surface area contributed by atoms with Crippen molar-refractivity contribution >= 4 is 16.7 Å². The van der Waals surface area contributed by atoms with Crippen molar-refractivity contribution < 1.29 is 9.90 Å². The summed E-state index contributed by atoms with van der Waals surface area (Å²) in [5.74, 6) is -0.911. The Hall–Kier alpha value is -2.61. The summed E-state index contributed by atoms with van der Waals surface area (Å²) >= 11 is 0. The largest absolute Gasteiger partial charge is 0.478 e. The fourth-order valence-corrected chi connectivity index (χ4v) is 2.81. The maximum atomic E-state index is 11.4. The van der Waals surface area contributed by atoms with Gasteiger partial charge in [0.25, 0.3) is 0 Å². The molecule has 0 bridgehead atoms. The number of aromatic carboxylic acids is 1. The van der Waals surface area contributed by atoms with Gasteiger partial charge in [-0.2, -0.15) is 0 Å². The van der Waals surface area contributed by atoms with Gasteiger partial charge < -0.3 is 5.11 Å². The summed E-state index contributed by atoms with van der Waals surface area (Å²) in [6.07, 6.45) is 7.60. The van der Waals surface area contributed by atoms with E-state index >= 15 is 0 Å². The van der Waals surface area contributed by atoms with Gasteiger partial charge in [-0.05, 0) is 58.9 Å². The van der Waals surface area contributed by atoms with Crippen LogP contribution in [-0.4, -0.2) is 11.1 Å². The van der Waals surface area contributed by atoms with E-state index in [0.29, 0.717) is 18.4 Å². The first-order valence-electron chi connectivity index (χ1n) is 7.25. The van der Waals surface area contributed by atoms with Gasteiger partial charge in [-0.1, -0.05) is 30.4 Å². The Labute approximate surface area is 131 Å². The number of fused-ring (bicyclic) bond motifs is 1. The van der Waals surface area contributed by atoms with Crippen molar-refractivity contribution in [3.05, 3.63) is 84.5 Å². The molecule has 0 radical (unpaired) electrons. The number of benzene rings is 2. The predicted molar refractivity (Wildman–Crippen MR) is 92.6 cm³/mol. The Morgan fingerprint density at radius 2 is 1.45 bits per heavy atom. The Bertz CT molecular complexity index is 754. The molecule has 22 heavy (non-hydrogen) atoms. The van der Waals surface area contributed by atoms with E-state index < -0.39 is 5.97 Å². The van der Waals surface area contributed by atoms with Crippen LogP contribution >= 0.6 is 0 Å². The molecule has 2 aromatic carbocycles. The second kappa shape index (κ2) is 6.90. The molecule has 0 fully saturated rings. The zero-order valence-corrected chi connectivity index (χ0v) is 12.6. The van der Waals surface area contributed by atoms with Gasteiger partial charge in [-0.15, -0.1) is 19.7 Å². The van der Waals surface area contributed by atoms with Gasteiger partial charge in [0, 0.05) is 0 Å². The highest BCUT2D eigenvalue weighted by molar-refractivity contribution is 5.99. The van der Waals surface area contributed by atoms with E-state index in [1.807, 2.05) is 18.2 Å². The van der Waals surface area contributed by atoms with E-state index in [-0.39, 0.29) is 0 Å². The number of carboxylic acid groups (broad SMARTS) is 1. The molecule has 0 aliphatic heterocycles. The van der Waals surface area contributed by atoms with Gasteiger partial charge in [0.1, 0.15) is 0 Å². The fraction of sp³-hybridized carbons (Fsp3) is 0.150. The summed E-state index contributed by atoms with van der Waals surface area (Å²) in [5.41, 5.74) is 3.55. The molecule has 0 saturated heterocycles. The SMILES string of the molecule is C=CCc1ccc(CC=C)c2c(CC=C)cc(C(=O)O)cc12. The third kappa shape index (κ3) is 3.01. The zero-order valence-electron chi connectivity index (χ0n) is 12.6. The first-order chi connectivity index (χ1) is 10.6. The summed E-state index contributed by atoms with van der Waals surface area (Å²) < 4.78 is 0. The third-order valence-electron chi connectivity index (χ3n) is 3.71. The minimum absolute atomic E-state index is 0.311. The fourth-order valence-electron chi connectivity index (χ4n) is 2.81. The van der Waals surface area contributed by atoms with Crippen LogP contribution in [0.15, 0.2) is 62.2 Å². The molecule has 2 heteroatoms. The number of hydrogen-bond acceptors (Lipinski definition) is 1. The maximum Gasteiger partial charge on any atom is 0.335 e. The van der Waals surface area contributed by atoms with E-state index in [4.69, 9.17) is 0 Å². The van der Waals surface area contributed by atoms with Crippen LogP contribution in [-0.2, 0) is 19.3 Å². The molecule has 0 saturated carbocycles. The lowest BCUT2D eigenvalue weighted by atomic mass is 9.90. The average molecular weight is 292 g/mol. The molecule has 0 spiro atoms. The van der Waals surface area contributed by atoms with E-state index in [1.54, 1.807) is 18.2 Å². The van der Waals surface area contributed by atoms with Crippen molar-refractivity contribution in [3.8, 4) is 0 Å². The minimum atomic E-state index is -0.911. The molecule has 0 aromatic heterocycles. The first kappa shape index (κ1) is 15.8. The maximum absolute atomic E-state index is 11.4. The van der Waals surface area contributed by atoms with Crippen molar-refractivity contribution in [2.24, 2.45) is 0 Å². The van der Waals surface area contributed by atoms with Crippen LogP contribution in [0.4, 0.5) is 0 Å². The lowest BCUT2D eigenvalue weighted by Gasteiger charge is -2.14. The molecule has 0 unspecified atom stereocenters. The zero-order chi connectivity index (χ0) is 16.1. The lowest BCUT2D eigenvalue weighted by Crippen LogP contribution is -2.01. The van der Waals surface area contributed by atoms with Crippen molar-refractivity contribution in [2.75, 3.05) is 0 Å². The number of allylic oxidation sites excluding steroid dienone is 3. The summed E-state index contributed by atoms with van der Waals surface area (Å²) in [7, 11) is 0. The van der Waals surface area contributed by atoms with Crippen LogP contribution < -0.4 is 0 Å². The Balaban J connectivity index is 2.88. The molecule has 1 N–H and O–H groups in total. The lowest BCUT2D eigenvalue weighted by molar-refractivity contribution is 0.0697. The second-order valence-corrected chi connectivity index (χ2v) is 5.23. The Morgan fingerprint density at radius 3 is 2.05 bits per heavy atom. The van der Waals surface area contributed by atoms with E-state index in [2.05, 4.69) is 25.8 Å². The van der Waals surface area contributed by atoms with Gasteiger partial charge >= 0.3 is 5.97 Å². The molecular formula is C20H20O2. The summed E-state index contributed by atoms with van der Waals surface area (Å²) in [6, 6.07) is 7.65. The summed E-state index contributed by atoms with van der Waals surface area (Å²) in [5, 5.41) is 11.5. The molecule has 0 amide bonds. The van der Waals surface area contributed by atoms with Crippen molar-refractivity contribution in [3.63, 3.8) is 0 Å². The monoisotopic (exact) mass is 292 g/mol. The topological polar surface area (TPSA) is 37.3 Å². The normalized spacial score (nSPS) is 10.4. The molecule has 2 aromatic rings. The van der Waals surface area contributed by atoms with E-state index in [9.17, 15) is 9.90 Å². The van der Waals surface area contributed by atoms with Crippen LogP contribution in [0.25, 0.3) is 10.8 Å². The van der Waals surface area contributed by atoms with Gasteiger partial charge in [-0.25, -0.2) is 4.79 Å². The van der Waals surface area contributed by atoms with Gasteiger partial charge in [0.2, 0.25) is 0 Å². The molecule has 0 aliphatic carbocycles. The smallest absolute Gasteiger partial charge is 0.335 e. The number of hydrogen-bond donors (Lipinski definition) is 1. The number of carbonyl (C=O) groups is 1. The second-order valence-electron chi connectivity index (χ2n) is 5.23. The Morgan fingerprint density at radius 1 is 0.909 bits per heavy atom. The van der Waals surface area contributed by atoms with E-state index in [1.165, 1.54) is 0 Å². The number of rotatable bonds is 7. The molecule has 2 rings (SSSR count). The quantitative estimate of drug-likeness (QED) is 0.749. The standard InChI is InChI=1S/C20H20O2/c1-4-7-14-10-11-15(8-5-2)19-16(9-6-3)12-17(20(21)22)13-18(14)19/h4-6,10-13H,1-3,7-9H2,(H,21,22). The van der Waals surface area contributed by atoms with Crippen LogP contribution in [0, 0.1) is 0 Å². The van der Waals surface area contributed by atoms with Gasteiger partial charge in [0.05, 0.1) is 5.56 Å². The molecule has 0 atom stereocenters. The van der Waals surface area contributed by atoms with Gasteiger partial charge in [-0.3, -0.25) is 0 Å². The molecular weight excluding hydrogens is 272 g/mol. The highest BCUT2D eigenvalue weighted by atomic mass is 16.4. The molecule has 2 nitrogen and oxygen atoms in total. The molecule has 0 aliphatic rings. The van der Waals surface area contributed by atoms with Crippen molar-refractivity contribution in [1.82, 2.24) is 0 Å². The van der Waals surface area contributed by atoms with Gasteiger partial charge in [0.15, 0.2) is 0 Å². The van der Waals surface area contributed by atoms with Crippen LogP contribution in [0.5, 0.6) is 0 Å². The third-order valence-corrected chi connectivity index (χ3v) is 3.71. The predicted octanol–water partition coefficient (Wildman–Crippen LogP) is 4.72. The highest BCUT2D eigenvalue weighted by Crippen LogP contribution is 2.30. The van der Waals surface area contributed by atoms with Crippen LogP contribution in [0.2, 0.25) is 0 Å². The highest BCUT2D eigenvalue weighted by Gasteiger charge is 2.13. The van der Waals surface area contributed by atoms with Crippen LogP contribution in [0.1, 0.15) is 27.0 Å². The number of carboxylic acids is 1. The molecule has 112 valence electrons. The Kier molecular flexibility index (Phi) is 4.95. The minimum Gasteiger partial charge on any atom is -0.478 e. The molecule has 0 heterocycles. The van der Waals surface area contributed by atoms with Crippen molar-refractivity contribution in [1.29, 1.82) is 0 Å². The first-order valence-corrected chi connectivity index (χ1v) is 7.25.